The van der Waals surface area contributed by atoms with E-state index in [0.717, 1.165) is 30.8 Å². The molecule has 1 atom stereocenters. The Hall–Kier alpha value is -1.98. The average molecular weight is 291 g/mol. The molecule has 1 aromatic rings. The van der Waals surface area contributed by atoms with E-state index < -0.39 is 0 Å². The van der Waals surface area contributed by atoms with Crippen LogP contribution in [0.4, 0.5) is 0 Å². The summed E-state index contributed by atoms with van der Waals surface area (Å²) in [6.07, 6.45) is 3.40. The third kappa shape index (κ3) is 2.39. The average Bonchev–Trinajstić information content (AvgIpc) is 3.05. The van der Waals surface area contributed by atoms with Crippen molar-refractivity contribution in [3.63, 3.8) is 0 Å². The van der Waals surface area contributed by atoms with E-state index in [2.05, 4.69) is 12.0 Å². The monoisotopic (exact) mass is 291 g/mol. The molecule has 0 N–H and O–H groups in total. The van der Waals surface area contributed by atoms with Gasteiger partial charge in [-0.1, -0.05) is 0 Å². The van der Waals surface area contributed by atoms with Crippen molar-refractivity contribution in [2.24, 2.45) is 7.05 Å². The van der Waals surface area contributed by atoms with Crippen LogP contribution < -0.4 is 0 Å². The van der Waals surface area contributed by atoms with E-state index in [9.17, 15) is 4.79 Å². The highest BCUT2D eigenvalue weighted by molar-refractivity contribution is 5.91. The predicted molar refractivity (Wildman–Crippen MR) is 76.4 cm³/mol. The van der Waals surface area contributed by atoms with Crippen LogP contribution >= 0.6 is 0 Å². The molecule has 0 aromatic carbocycles. The molecule has 0 saturated carbocycles. The van der Waals surface area contributed by atoms with E-state index in [1.807, 2.05) is 23.6 Å². The number of carbonyl (C=O) groups excluding carboxylic acids is 1. The minimum Gasteiger partial charge on any atom is -0.494 e. The lowest BCUT2D eigenvalue weighted by molar-refractivity contribution is -0.133. The van der Waals surface area contributed by atoms with Crippen molar-refractivity contribution in [1.82, 2.24) is 14.7 Å². The minimum atomic E-state index is -0.0835. The van der Waals surface area contributed by atoms with Crippen molar-refractivity contribution in [1.29, 1.82) is 0 Å². The van der Waals surface area contributed by atoms with Crippen LogP contribution in [0.3, 0.4) is 0 Å². The summed E-state index contributed by atoms with van der Waals surface area (Å²) in [7, 11) is 1.94. The lowest BCUT2D eigenvalue weighted by Gasteiger charge is -2.27. The number of amides is 1. The number of hydrogen-bond donors (Lipinski definition) is 0. The summed E-state index contributed by atoms with van der Waals surface area (Å²) in [6.45, 7) is 5.73. The van der Waals surface area contributed by atoms with Crippen LogP contribution in [-0.4, -0.2) is 40.3 Å². The number of hydrogen-bond acceptors (Lipinski definition) is 4. The van der Waals surface area contributed by atoms with Gasteiger partial charge in [-0.25, -0.2) is 0 Å². The number of carbonyl (C=O) groups is 1. The highest BCUT2D eigenvalue weighted by Gasteiger charge is 2.35. The molecule has 0 spiro atoms. The fourth-order valence-electron chi connectivity index (χ4n) is 3.20. The Morgan fingerprint density at radius 3 is 2.81 bits per heavy atom. The lowest BCUT2D eigenvalue weighted by Crippen LogP contribution is -2.34. The summed E-state index contributed by atoms with van der Waals surface area (Å²) in [4.78, 5) is 14.5. The minimum absolute atomic E-state index is 0.0811. The zero-order chi connectivity index (χ0) is 15.0. The first-order valence-electron chi connectivity index (χ1n) is 7.35. The second-order valence-electron chi connectivity index (χ2n) is 5.57. The van der Waals surface area contributed by atoms with E-state index in [-0.39, 0.29) is 11.9 Å². The number of likely N-dealkylation sites (tertiary alicyclic amines) is 1. The van der Waals surface area contributed by atoms with Gasteiger partial charge in [-0.15, -0.1) is 0 Å². The molecule has 1 amide bonds. The van der Waals surface area contributed by atoms with Gasteiger partial charge in [0.1, 0.15) is 19.5 Å². The fraction of sp³-hybridized carbons (Fsp3) is 0.600. The predicted octanol–water partition coefficient (Wildman–Crippen LogP) is 1.59. The molecule has 114 valence electrons. The zero-order valence-electron chi connectivity index (χ0n) is 12.8. The first-order valence-corrected chi connectivity index (χ1v) is 7.35. The second kappa shape index (κ2) is 5.42. The number of aryl methyl sites for hydroxylation is 2. The third-order valence-corrected chi connectivity index (χ3v) is 4.27. The van der Waals surface area contributed by atoms with Crippen molar-refractivity contribution in [2.75, 3.05) is 19.8 Å². The first-order chi connectivity index (χ1) is 10.1. The molecule has 1 aromatic heterocycles. The van der Waals surface area contributed by atoms with Gasteiger partial charge in [0.15, 0.2) is 0 Å². The van der Waals surface area contributed by atoms with Crippen molar-refractivity contribution in [2.45, 2.75) is 32.7 Å². The summed E-state index contributed by atoms with van der Waals surface area (Å²) >= 11 is 0. The molecule has 6 nitrogen and oxygen atoms in total. The molecule has 0 unspecified atom stereocenters. The number of nitrogens with zero attached hydrogens (tertiary/aromatic N) is 3. The van der Waals surface area contributed by atoms with Gasteiger partial charge in [0.05, 0.1) is 11.7 Å². The van der Waals surface area contributed by atoms with Gasteiger partial charge in [0.25, 0.3) is 5.91 Å². The van der Waals surface area contributed by atoms with Gasteiger partial charge < -0.3 is 14.4 Å². The van der Waals surface area contributed by atoms with Gasteiger partial charge in [-0.2, -0.15) is 5.10 Å². The normalized spacial score (nSPS) is 21.8. The topological polar surface area (TPSA) is 56.6 Å². The molecule has 0 bridgehead atoms. The molecule has 0 radical (unpaired) electrons. The Balaban J connectivity index is 1.88. The van der Waals surface area contributed by atoms with Crippen LogP contribution in [0, 0.1) is 13.8 Å². The molecule has 3 rings (SSSR count). The Kier molecular flexibility index (Phi) is 3.61. The van der Waals surface area contributed by atoms with Crippen LogP contribution in [0.1, 0.15) is 35.8 Å². The SMILES string of the molecule is Cc1nn(C)c(C)c1[C@H]1CCCN1C(=O)C1=COCCO1. The Morgan fingerprint density at radius 1 is 1.38 bits per heavy atom. The maximum absolute atomic E-state index is 12.6. The third-order valence-electron chi connectivity index (χ3n) is 4.27. The summed E-state index contributed by atoms with van der Waals surface area (Å²) < 4.78 is 12.5. The van der Waals surface area contributed by atoms with Crippen molar-refractivity contribution >= 4 is 5.91 Å². The summed E-state index contributed by atoms with van der Waals surface area (Å²) in [5.41, 5.74) is 3.28. The van der Waals surface area contributed by atoms with Crippen LogP contribution in [0.25, 0.3) is 0 Å². The molecule has 3 heterocycles. The Morgan fingerprint density at radius 2 is 2.19 bits per heavy atom. The molecule has 6 heteroatoms. The number of ether oxygens (including phenoxy) is 2. The van der Waals surface area contributed by atoms with Gasteiger partial charge in [0, 0.05) is 24.8 Å². The van der Waals surface area contributed by atoms with E-state index in [1.165, 1.54) is 11.8 Å². The Bertz CT molecular complexity index is 591. The zero-order valence-corrected chi connectivity index (χ0v) is 12.8. The van der Waals surface area contributed by atoms with Crippen molar-refractivity contribution in [3.05, 3.63) is 29.0 Å². The largest absolute Gasteiger partial charge is 0.494 e. The number of aromatic nitrogens is 2. The molecule has 2 aliphatic rings. The Labute approximate surface area is 124 Å². The van der Waals surface area contributed by atoms with Gasteiger partial charge in [-0.05, 0) is 26.7 Å². The lowest BCUT2D eigenvalue weighted by atomic mass is 10.0. The van der Waals surface area contributed by atoms with Crippen LogP contribution in [0.15, 0.2) is 12.0 Å². The van der Waals surface area contributed by atoms with Crippen molar-refractivity contribution < 1.29 is 14.3 Å². The highest BCUT2D eigenvalue weighted by atomic mass is 16.6. The van der Waals surface area contributed by atoms with E-state index in [0.29, 0.717) is 19.0 Å². The first kappa shape index (κ1) is 14.0. The fourth-order valence-corrected chi connectivity index (χ4v) is 3.20. The van der Waals surface area contributed by atoms with Crippen molar-refractivity contribution in [3.8, 4) is 0 Å². The molecule has 21 heavy (non-hydrogen) atoms. The molecular weight excluding hydrogens is 270 g/mol. The summed E-state index contributed by atoms with van der Waals surface area (Å²) in [5, 5.41) is 4.47. The molecule has 1 saturated heterocycles. The van der Waals surface area contributed by atoms with Crippen LogP contribution in [0.2, 0.25) is 0 Å². The quantitative estimate of drug-likeness (QED) is 0.830. The standard InChI is InChI=1S/C15H21N3O3/c1-10-14(11(2)17(3)16-10)12-5-4-6-18(12)15(19)13-9-20-7-8-21-13/h9,12H,4-8H2,1-3H3/t12-/m1/s1. The van der Waals surface area contributed by atoms with E-state index in [4.69, 9.17) is 9.47 Å². The van der Waals surface area contributed by atoms with Gasteiger partial charge in [0.2, 0.25) is 5.76 Å². The summed E-state index contributed by atoms with van der Waals surface area (Å²) in [5.74, 6) is 0.229. The maximum Gasteiger partial charge on any atom is 0.292 e. The molecule has 0 aliphatic carbocycles. The van der Waals surface area contributed by atoms with Gasteiger partial charge in [-0.3, -0.25) is 9.48 Å². The molecule has 2 aliphatic heterocycles. The van der Waals surface area contributed by atoms with Crippen LogP contribution in [-0.2, 0) is 21.3 Å². The summed E-state index contributed by atoms with van der Waals surface area (Å²) in [6, 6.07) is 0.0811. The molecular formula is C15H21N3O3. The number of rotatable bonds is 2. The maximum atomic E-state index is 12.6. The highest BCUT2D eigenvalue weighted by Crippen LogP contribution is 2.36. The van der Waals surface area contributed by atoms with E-state index in [1.54, 1.807) is 0 Å². The van der Waals surface area contributed by atoms with E-state index >= 15 is 0 Å². The molecule has 1 fully saturated rings. The smallest absolute Gasteiger partial charge is 0.292 e. The van der Waals surface area contributed by atoms with Gasteiger partial charge >= 0.3 is 0 Å². The second-order valence-corrected chi connectivity index (χ2v) is 5.57. The van der Waals surface area contributed by atoms with Crippen LogP contribution in [0.5, 0.6) is 0 Å².